The molecule has 0 N–H and O–H groups in total. The summed E-state index contributed by atoms with van der Waals surface area (Å²) in [4.78, 5) is 0. The summed E-state index contributed by atoms with van der Waals surface area (Å²) in [5, 5.41) is 0. The van der Waals surface area contributed by atoms with Crippen LogP contribution >= 0.6 is 0 Å². The Balaban J connectivity index is 0.924. The Hall–Kier alpha value is -0.160. The molecule has 45 heavy (non-hydrogen) atoms. The Morgan fingerprint density at radius 1 is 0.356 bits per heavy atom. The topological polar surface area (TPSA) is 43.5 Å². The van der Waals surface area contributed by atoms with E-state index in [2.05, 4.69) is 0 Å². The third kappa shape index (κ3) is 25.5. The van der Waals surface area contributed by atoms with Crippen LogP contribution in [-0.2, 0) is 18.9 Å². The molecule has 3 fully saturated rings. The number of hydrogen-bond acceptors (Lipinski definition) is 4. The van der Waals surface area contributed by atoms with Gasteiger partial charge in [0.25, 0.3) is 0 Å². The van der Waals surface area contributed by atoms with Crippen LogP contribution in [0, 0.1) is 11.8 Å². The van der Waals surface area contributed by atoms with Crippen LogP contribution in [0.5, 0.6) is 0 Å². The minimum atomic E-state index is 0.422. The molecular formula is C41H78O4. The van der Waals surface area contributed by atoms with Gasteiger partial charge in [-0.3, -0.25) is 0 Å². The van der Waals surface area contributed by atoms with Crippen molar-refractivity contribution in [2.75, 3.05) is 39.6 Å². The molecule has 0 radical (unpaired) electrons. The summed E-state index contributed by atoms with van der Waals surface area (Å²) < 4.78 is 21.6. The van der Waals surface area contributed by atoms with Gasteiger partial charge in [-0.05, 0) is 31.1 Å². The van der Waals surface area contributed by atoms with Crippen molar-refractivity contribution in [3.63, 3.8) is 0 Å². The highest BCUT2D eigenvalue weighted by atomic mass is 16.6. The minimum Gasteiger partial charge on any atom is -0.379 e. The number of rotatable bonds is 36. The molecule has 4 atom stereocenters. The van der Waals surface area contributed by atoms with E-state index >= 15 is 0 Å². The first kappa shape index (κ1) is 39.3. The zero-order valence-corrected chi connectivity index (χ0v) is 30.1. The second kappa shape index (κ2) is 28.8. The SMILES string of the molecule is C(CCCCCCCOC[C@H]1CO1)CCCCCCC[C@@H]1CC[C@@H](CCCCCCCCCCCCCCCOC[C@H]2CO2)C1. The third-order valence-electron chi connectivity index (χ3n) is 10.9. The average molecular weight is 635 g/mol. The highest BCUT2D eigenvalue weighted by molar-refractivity contribution is 4.76. The number of hydrogen-bond donors (Lipinski definition) is 0. The van der Waals surface area contributed by atoms with Gasteiger partial charge >= 0.3 is 0 Å². The maximum absolute atomic E-state index is 5.61. The van der Waals surface area contributed by atoms with Gasteiger partial charge in [-0.15, -0.1) is 0 Å². The second-order valence-corrected chi connectivity index (χ2v) is 15.4. The largest absolute Gasteiger partial charge is 0.379 e. The lowest BCUT2D eigenvalue weighted by Crippen LogP contribution is -2.02. The number of ether oxygens (including phenoxy) is 4. The molecule has 3 aliphatic rings. The van der Waals surface area contributed by atoms with Crippen LogP contribution in [0.25, 0.3) is 0 Å². The molecule has 3 rings (SSSR count). The lowest BCUT2D eigenvalue weighted by atomic mass is 9.95. The Bertz CT molecular complexity index is 567. The van der Waals surface area contributed by atoms with Gasteiger partial charge in [-0.1, -0.05) is 180 Å². The van der Waals surface area contributed by atoms with Crippen molar-refractivity contribution in [1.29, 1.82) is 0 Å². The fraction of sp³-hybridized carbons (Fsp3) is 1.00. The summed E-state index contributed by atoms with van der Waals surface area (Å²) in [6, 6.07) is 0. The van der Waals surface area contributed by atoms with Crippen LogP contribution < -0.4 is 0 Å². The van der Waals surface area contributed by atoms with Crippen molar-refractivity contribution in [1.82, 2.24) is 0 Å². The Morgan fingerprint density at radius 3 is 0.911 bits per heavy atom. The van der Waals surface area contributed by atoms with E-state index in [1.165, 1.54) is 180 Å². The van der Waals surface area contributed by atoms with Crippen molar-refractivity contribution < 1.29 is 18.9 Å². The molecule has 4 nitrogen and oxygen atoms in total. The van der Waals surface area contributed by atoms with E-state index in [-0.39, 0.29) is 0 Å². The average Bonchev–Trinajstić information content (AvgIpc) is 3.99. The molecule has 0 unspecified atom stereocenters. The van der Waals surface area contributed by atoms with E-state index in [4.69, 9.17) is 18.9 Å². The van der Waals surface area contributed by atoms with E-state index in [0.29, 0.717) is 12.2 Å². The molecule has 4 heteroatoms. The van der Waals surface area contributed by atoms with Crippen LogP contribution in [0.3, 0.4) is 0 Å². The summed E-state index contributed by atoms with van der Waals surface area (Å²) >= 11 is 0. The molecule has 0 aromatic heterocycles. The first-order valence-electron chi connectivity index (χ1n) is 20.8. The Kier molecular flexibility index (Phi) is 25.2. The van der Waals surface area contributed by atoms with Gasteiger partial charge in [-0.25, -0.2) is 0 Å². The maximum Gasteiger partial charge on any atom is 0.104 e. The monoisotopic (exact) mass is 635 g/mol. The zero-order chi connectivity index (χ0) is 31.3. The Morgan fingerprint density at radius 2 is 0.622 bits per heavy atom. The van der Waals surface area contributed by atoms with Crippen molar-refractivity contribution in [2.24, 2.45) is 11.8 Å². The van der Waals surface area contributed by atoms with Gasteiger partial charge in [0.2, 0.25) is 0 Å². The van der Waals surface area contributed by atoms with Gasteiger partial charge in [0, 0.05) is 13.2 Å². The molecule has 0 spiro atoms. The molecule has 1 aliphatic carbocycles. The third-order valence-corrected chi connectivity index (χ3v) is 10.9. The summed E-state index contributed by atoms with van der Waals surface area (Å²) in [5.41, 5.74) is 0. The quantitative estimate of drug-likeness (QED) is 0.0508. The van der Waals surface area contributed by atoms with Gasteiger partial charge in [-0.2, -0.15) is 0 Å². The van der Waals surface area contributed by atoms with Crippen LogP contribution in [-0.4, -0.2) is 51.8 Å². The molecule has 2 aliphatic heterocycles. The molecule has 0 bridgehead atoms. The summed E-state index contributed by atoms with van der Waals surface area (Å²) in [6.45, 7) is 5.32. The van der Waals surface area contributed by atoms with Crippen LogP contribution in [0.1, 0.15) is 199 Å². The summed E-state index contributed by atoms with van der Waals surface area (Å²) in [7, 11) is 0. The first-order valence-corrected chi connectivity index (χ1v) is 20.8. The standard InChI is InChI=1S/C41H78O4/c1(5-9-13-17-21-25-31-42-34-40-36-44-40)3-7-11-15-19-23-27-38-29-30-39(33-38)28-24-20-16-12-8-4-2-6-10-14-18-22-26-32-43-35-41-37-45-41/h38-41H,1-37H2/t38-,39-,40+,41+/m1/s1. The van der Waals surface area contributed by atoms with Crippen molar-refractivity contribution >= 4 is 0 Å². The molecule has 1 saturated carbocycles. The number of unbranched alkanes of at least 4 members (excludes halogenated alkanes) is 24. The Labute approximate surface area is 281 Å². The lowest BCUT2D eigenvalue weighted by Gasteiger charge is -2.11. The van der Waals surface area contributed by atoms with Crippen molar-refractivity contribution in [3.05, 3.63) is 0 Å². The van der Waals surface area contributed by atoms with Crippen LogP contribution in [0.15, 0.2) is 0 Å². The van der Waals surface area contributed by atoms with Gasteiger partial charge < -0.3 is 18.9 Å². The fourth-order valence-corrected chi connectivity index (χ4v) is 7.62. The van der Waals surface area contributed by atoms with Crippen molar-refractivity contribution in [2.45, 2.75) is 211 Å². The van der Waals surface area contributed by atoms with E-state index in [0.717, 1.165) is 51.5 Å². The predicted octanol–water partition coefficient (Wildman–Crippen LogP) is 12.2. The zero-order valence-electron chi connectivity index (χ0n) is 30.1. The van der Waals surface area contributed by atoms with E-state index in [1.807, 2.05) is 0 Å². The molecule has 266 valence electrons. The normalized spacial score (nSPS) is 22.4. The highest BCUT2D eigenvalue weighted by Gasteiger charge is 2.24. The highest BCUT2D eigenvalue weighted by Crippen LogP contribution is 2.37. The molecular weight excluding hydrogens is 556 g/mol. The van der Waals surface area contributed by atoms with Crippen LogP contribution in [0.2, 0.25) is 0 Å². The minimum absolute atomic E-state index is 0.422. The maximum atomic E-state index is 5.61. The van der Waals surface area contributed by atoms with Crippen molar-refractivity contribution in [3.8, 4) is 0 Å². The molecule has 2 saturated heterocycles. The lowest BCUT2D eigenvalue weighted by molar-refractivity contribution is 0.113. The molecule has 0 aromatic rings. The predicted molar refractivity (Wildman–Crippen MR) is 191 cm³/mol. The molecule has 2 heterocycles. The molecule has 0 amide bonds. The van der Waals surface area contributed by atoms with Crippen LogP contribution in [0.4, 0.5) is 0 Å². The smallest absolute Gasteiger partial charge is 0.104 e. The summed E-state index contributed by atoms with van der Waals surface area (Å²) in [5.74, 6) is 2.14. The van der Waals surface area contributed by atoms with E-state index in [1.54, 1.807) is 19.3 Å². The van der Waals surface area contributed by atoms with E-state index < -0.39 is 0 Å². The fourth-order valence-electron chi connectivity index (χ4n) is 7.62. The molecule has 0 aromatic carbocycles. The number of epoxide rings is 2. The van der Waals surface area contributed by atoms with E-state index in [9.17, 15) is 0 Å². The summed E-state index contributed by atoms with van der Waals surface area (Å²) in [6.07, 6.45) is 45.8. The van der Waals surface area contributed by atoms with Gasteiger partial charge in [0.15, 0.2) is 0 Å². The first-order chi connectivity index (χ1) is 22.4. The van der Waals surface area contributed by atoms with Gasteiger partial charge in [0.1, 0.15) is 12.2 Å². The van der Waals surface area contributed by atoms with Gasteiger partial charge in [0.05, 0.1) is 26.4 Å². The second-order valence-electron chi connectivity index (χ2n) is 15.4.